The van der Waals surface area contributed by atoms with Gasteiger partial charge in [0, 0.05) is 43.1 Å². The van der Waals surface area contributed by atoms with E-state index in [0.717, 1.165) is 32.1 Å². The van der Waals surface area contributed by atoms with Gasteiger partial charge in [0.05, 0.1) is 41.9 Å². The van der Waals surface area contributed by atoms with E-state index in [0.29, 0.717) is 55.8 Å². The maximum atomic E-state index is 13.8. The summed E-state index contributed by atoms with van der Waals surface area (Å²) in [5, 5.41) is 0.705. The normalized spacial score (nSPS) is 29.4. The van der Waals surface area contributed by atoms with Crippen molar-refractivity contribution in [1.29, 1.82) is 0 Å². The number of nitrogens with one attached hydrogen (secondary N) is 1. The zero-order chi connectivity index (χ0) is 35.4. The van der Waals surface area contributed by atoms with E-state index in [1.54, 1.807) is 49.9 Å². The molecular weight excluding hydrogens is 680 g/mol. The Kier molecular flexibility index (Phi) is 9.36. The predicted molar refractivity (Wildman–Crippen MR) is 190 cm³/mol. The van der Waals surface area contributed by atoms with Crippen LogP contribution >= 0.6 is 11.6 Å². The first-order valence-electron chi connectivity index (χ1n) is 17.5. The zero-order valence-electron chi connectivity index (χ0n) is 29.2. The molecule has 2 aromatic carbocycles. The number of anilines is 1. The molecule has 0 aromatic heterocycles. The Hall–Kier alpha value is -3.32. The molecule has 1 spiro atoms. The molecule has 1 saturated heterocycles. The maximum Gasteiger partial charge on any atom is 0.410 e. The molecule has 3 heterocycles. The van der Waals surface area contributed by atoms with Crippen LogP contribution in [0.2, 0.25) is 5.02 Å². The molecule has 2 bridgehead atoms. The third-order valence-corrected chi connectivity index (χ3v) is 13.4. The lowest BCUT2D eigenvalue weighted by Crippen LogP contribution is -2.56. The molecule has 11 nitrogen and oxygen atoms in total. The zero-order valence-corrected chi connectivity index (χ0v) is 30.8. The van der Waals surface area contributed by atoms with Crippen molar-refractivity contribution >= 4 is 39.3 Å². The van der Waals surface area contributed by atoms with Crippen LogP contribution in [0.3, 0.4) is 0 Å². The minimum absolute atomic E-state index is 0.00343. The van der Waals surface area contributed by atoms with E-state index in [2.05, 4.69) is 21.8 Å². The number of sulfonamides is 1. The summed E-state index contributed by atoms with van der Waals surface area (Å²) in [6.07, 6.45) is 7.68. The minimum Gasteiger partial charge on any atom is -0.490 e. The quantitative estimate of drug-likeness (QED) is 0.438. The van der Waals surface area contributed by atoms with Crippen LogP contribution in [0.5, 0.6) is 5.75 Å². The van der Waals surface area contributed by atoms with E-state index in [-0.39, 0.29) is 34.3 Å². The maximum absolute atomic E-state index is 13.8. The number of likely N-dealkylation sites (N-methyl/N-ethyl adjacent to an activating group) is 1. The Bertz CT molecular complexity index is 1800. The van der Waals surface area contributed by atoms with Gasteiger partial charge < -0.3 is 24.0 Å². The molecule has 2 aromatic rings. The first-order valence-corrected chi connectivity index (χ1v) is 19.4. The van der Waals surface area contributed by atoms with Crippen LogP contribution in [-0.4, -0.2) is 101 Å². The van der Waals surface area contributed by atoms with Gasteiger partial charge >= 0.3 is 6.09 Å². The van der Waals surface area contributed by atoms with E-state index >= 15 is 0 Å². The fourth-order valence-electron chi connectivity index (χ4n) is 8.06. The molecular formula is C37H47ClN4O7S. The van der Waals surface area contributed by atoms with Gasteiger partial charge in [-0.05, 0) is 106 Å². The molecule has 1 saturated carbocycles. The van der Waals surface area contributed by atoms with Crippen molar-refractivity contribution in [2.75, 3.05) is 58.4 Å². The average molecular weight is 727 g/mol. The number of hydrogen-bond donors (Lipinski definition) is 1. The highest BCUT2D eigenvalue weighted by Gasteiger charge is 2.46. The summed E-state index contributed by atoms with van der Waals surface area (Å²) < 4.78 is 48.0. The molecule has 1 N–H and O–H groups in total. The molecule has 4 atom stereocenters. The highest BCUT2D eigenvalue weighted by molar-refractivity contribution is 7.90. The molecule has 2 amide bonds. The number of benzene rings is 2. The van der Waals surface area contributed by atoms with Crippen LogP contribution in [-0.2, 0) is 36.1 Å². The van der Waals surface area contributed by atoms with E-state index in [9.17, 15) is 18.0 Å². The van der Waals surface area contributed by atoms with E-state index in [1.165, 1.54) is 17.2 Å². The third-order valence-electron chi connectivity index (χ3n) is 11.8. The number of likely N-dealkylation sites (tertiary alicyclic amines) is 1. The summed E-state index contributed by atoms with van der Waals surface area (Å²) in [5.74, 6) is 0.169. The predicted octanol–water partition coefficient (Wildman–Crippen LogP) is 4.76. The lowest BCUT2D eigenvalue weighted by molar-refractivity contribution is -0.128. The molecule has 5 aliphatic rings. The summed E-state index contributed by atoms with van der Waals surface area (Å²) >= 11 is 6.44. The molecule has 270 valence electrons. The van der Waals surface area contributed by atoms with Crippen molar-refractivity contribution in [3.63, 3.8) is 0 Å². The molecule has 13 heteroatoms. The number of fused-ring (bicyclic) bond motifs is 4. The SMILES string of the molecule is COC1CN(C(=O)O[C@H]2C=CCN(C)C(C)(C)C(=O)NS(=O)(=O)c3ccc4c(c3)N(C[C@@H]3CC[C@H]32)C[C@@]2(CCCc3cc(Cl)ccc32)CO4)C1. The summed E-state index contributed by atoms with van der Waals surface area (Å²) in [6.45, 7) is 6.37. The molecule has 0 radical (unpaired) electrons. The number of aryl methyl sites for hydroxylation is 1. The van der Waals surface area contributed by atoms with Crippen molar-refractivity contribution < 1.29 is 32.2 Å². The molecule has 3 aliphatic heterocycles. The monoisotopic (exact) mass is 726 g/mol. The second-order valence-corrected chi connectivity index (χ2v) is 17.3. The van der Waals surface area contributed by atoms with Crippen LogP contribution in [0.1, 0.15) is 50.7 Å². The number of carbonyl (C=O) groups excluding carboxylic acids is 2. The molecule has 0 unspecified atom stereocenters. The number of carbonyl (C=O) groups is 2. The Morgan fingerprint density at radius 1 is 1.10 bits per heavy atom. The topological polar surface area (TPSA) is 118 Å². The van der Waals surface area contributed by atoms with Crippen molar-refractivity contribution in [1.82, 2.24) is 14.5 Å². The van der Waals surface area contributed by atoms with Crippen molar-refractivity contribution in [2.24, 2.45) is 11.8 Å². The Morgan fingerprint density at radius 2 is 1.90 bits per heavy atom. The summed E-state index contributed by atoms with van der Waals surface area (Å²) in [6, 6.07) is 11.0. The first-order chi connectivity index (χ1) is 23.8. The molecule has 2 fully saturated rings. The van der Waals surface area contributed by atoms with Crippen molar-refractivity contribution in [3.05, 3.63) is 64.7 Å². The fourth-order valence-corrected chi connectivity index (χ4v) is 9.38. The largest absolute Gasteiger partial charge is 0.490 e. The van der Waals surface area contributed by atoms with Crippen LogP contribution < -0.4 is 14.4 Å². The van der Waals surface area contributed by atoms with E-state index in [4.69, 9.17) is 25.8 Å². The van der Waals surface area contributed by atoms with Gasteiger partial charge in [-0.1, -0.05) is 23.7 Å². The average Bonchev–Trinajstić information content (AvgIpc) is 3.18. The first kappa shape index (κ1) is 35.1. The van der Waals surface area contributed by atoms with Gasteiger partial charge in [0.1, 0.15) is 11.9 Å². The molecule has 7 rings (SSSR count). The lowest BCUT2D eigenvalue weighted by Gasteiger charge is -2.46. The summed E-state index contributed by atoms with van der Waals surface area (Å²) in [7, 11) is -0.799. The van der Waals surface area contributed by atoms with Gasteiger partial charge in [-0.25, -0.2) is 17.9 Å². The van der Waals surface area contributed by atoms with Gasteiger partial charge in [-0.2, -0.15) is 0 Å². The number of ether oxygens (including phenoxy) is 3. The van der Waals surface area contributed by atoms with Gasteiger partial charge in [-0.15, -0.1) is 0 Å². The van der Waals surface area contributed by atoms with Gasteiger partial charge in [0.15, 0.2) is 0 Å². The van der Waals surface area contributed by atoms with Crippen molar-refractivity contribution in [3.8, 4) is 5.75 Å². The molecule has 50 heavy (non-hydrogen) atoms. The van der Waals surface area contributed by atoms with Gasteiger partial charge in [0.25, 0.3) is 15.9 Å². The van der Waals surface area contributed by atoms with Crippen LogP contribution in [0.25, 0.3) is 0 Å². The van der Waals surface area contributed by atoms with Crippen LogP contribution in [0.4, 0.5) is 10.5 Å². The fraction of sp³-hybridized carbons (Fsp3) is 0.568. The van der Waals surface area contributed by atoms with Crippen LogP contribution in [0, 0.1) is 11.8 Å². The summed E-state index contributed by atoms with van der Waals surface area (Å²) in [5.41, 5.74) is 1.58. The smallest absolute Gasteiger partial charge is 0.410 e. The van der Waals surface area contributed by atoms with Crippen molar-refractivity contribution in [2.45, 2.75) is 74.0 Å². The highest BCUT2D eigenvalue weighted by atomic mass is 35.5. The van der Waals surface area contributed by atoms with Gasteiger partial charge in [-0.3, -0.25) is 9.69 Å². The Morgan fingerprint density at radius 3 is 2.64 bits per heavy atom. The number of halogens is 1. The number of rotatable bonds is 2. The van der Waals surface area contributed by atoms with Gasteiger partial charge in [0.2, 0.25) is 0 Å². The lowest BCUT2D eigenvalue weighted by atomic mass is 9.68. The van der Waals surface area contributed by atoms with E-state index < -0.39 is 27.6 Å². The standard InChI is InChI=1S/C37H47ClN4O7S/c1-36(2)34(43)39-50(45,46)28-11-14-33-31(18-28)42(22-37(23-48-33)15-5-7-24-17-26(38)10-13-30(24)37)19-25-9-12-29(25)32(8-6-16-40(36)3)49-35(44)41-20-27(21-41)47-4/h6,8,10-11,13-14,17-18,25,27,29,32H,5,7,9,12,15-16,19-23H2,1-4H3,(H,39,43)/t25-,29+,32-,37-/m0/s1. The van der Waals surface area contributed by atoms with Crippen LogP contribution in [0.15, 0.2) is 53.4 Å². The second kappa shape index (κ2) is 13.3. The Balaban J connectivity index is 1.28. The molecule has 2 aliphatic carbocycles. The summed E-state index contributed by atoms with van der Waals surface area (Å²) in [4.78, 5) is 32.5. The van der Waals surface area contributed by atoms with E-state index in [1.807, 2.05) is 18.2 Å². The number of amides is 2. The number of nitrogens with zero attached hydrogens (tertiary/aromatic N) is 3. The Labute approximate surface area is 299 Å². The number of hydrogen-bond acceptors (Lipinski definition) is 9. The minimum atomic E-state index is -4.21. The number of methoxy groups -OCH3 is 1. The second-order valence-electron chi connectivity index (χ2n) is 15.1. The highest BCUT2D eigenvalue weighted by Crippen LogP contribution is 2.47. The third kappa shape index (κ3) is 6.48.